The molecule has 2 aliphatic rings. The molecule has 0 bridgehead atoms. The maximum Gasteiger partial charge on any atom is 0.322 e. The quantitative estimate of drug-likeness (QED) is 0.307. The number of fused-ring (bicyclic) bond motifs is 1. The predicted molar refractivity (Wildman–Crippen MR) is 128 cm³/mol. The molecule has 1 fully saturated rings. The van der Waals surface area contributed by atoms with Crippen molar-refractivity contribution in [2.75, 3.05) is 26.1 Å². The number of imide groups is 1. The summed E-state index contributed by atoms with van der Waals surface area (Å²) in [4.78, 5) is 44.6. The number of carbonyl (C=O) groups excluding carboxylic acids is 3. The van der Waals surface area contributed by atoms with Gasteiger partial charge in [0.25, 0.3) is 11.8 Å². The van der Waals surface area contributed by atoms with Crippen molar-refractivity contribution in [2.45, 2.75) is 19.0 Å². The van der Waals surface area contributed by atoms with E-state index in [1.807, 2.05) is 6.92 Å². The average molecular weight is 531 g/mol. The smallest absolute Gasteiger partial charge is 0.322 e. The van der Waals surface area contributed by atoms with Gasteiger partial charge in [-0.3, -0.25) is 19.9 Å². The van der Waals surface area contributed by atoms with E-state index >= 15 is 0 Å². The van der Waals surface area contributed by atoms with Crippen LogP contribution < -0.4 is 20.1 Å². The molecule has 0 radical (unpaired) electrons. The Balaban J connectivity index is 1.76. The topological polar surface area (TPSA) is 122 Å². The molecule has 34 heavy (non-hydrogen) atoms. The molecule has 3 heterocycles. The molecule has 1 aromatic heterocycles. The molecule has 11 heteroatoms. The van der Waals surface area contributed by atoms with Crippen LogP contribution in [0.25, 0.3) is 6.08 Å². The molecule has 0 saturated carbocycles. The molecular formula is C23H23BrN4O6. The largest absolute Gasteiger partial charge is 0.493 e. The number of methoxy groups -OCH3 is 2. The standard InChI is InChI=1S/C23H23BrN4O6/c1-5-15-14(25-12(2)9-24)8-17(34-15)23(21(30)26-22(31)27-23)11-28-10-13-6-7-16(32-3)19(33-4)18(13)20(28)29/h5-8H,1,9-11H2,2-4H3,(H2,26,27,30,31)/t23-/m0/s1. The summed E-state index contributed by atoms with van der Waals surface area (Å²) < 4.78 is 16.7. The van der Waals surface area contributed by atoms with E-state index in [4.69, 9.17) is 13.9 Å². The van der Waals surface area contributed by atoms with E-state index in [0.717, 1.165) is 5.71 Å². The van der Waals surface area contributed by atoms with Crippen molar-refractivity contribution in [1.29, 1.82) is 0 Å². The Labute approximate surface area is 204 Å². The van der Waals surface area contributed by atoms with Crippen LogP contribution >= 0.6 is 15.9 Å². The van der Waals surface area contributed by atoms with Gasteiger partial charge in [0.05, 0.1) is 26.3 Å². The predicted octanol–water partition coefficient (Wildman–Crippen LogP) is 3.12. The number of nitrogens with zero attached hydrogens (tertiary/aromatic N) is 2. The molecule has 0 aliphatic carbocycles. The average Bonchev–Trinajstić information content (AvgIpc) is 3.47. The van der Waals surface area contributed by atoms with Crippen molar-refractivity contribution in [3.63, 3.8) is 0 Å². The number of furan rings is 1. The molecule has 4 rings (SSSR count). The highest BCUT2D eigenvalue weighted by Crippen LogP contribution is 2.40. The number of hydrogen-bond donors (Lipinski definition) is 2. The fourth-order valence-electron chi connectivity index (χ4n) is 4.11. The number of carbonyl (C=O) groups is 3. The second-order valence-corrected chi connectivity index (χ2v) is 8.42. The zero-order chi connectivity index (χ0) is 24.6. The first-order valence-electron chi connectivity index (χ1n) is 10.3. The minimum atomic E-state index is -1.65. The minimum absolute atomic E-state index is 0.139. The fraction of sp³-hybridized carbons (Fsp3) is 0.304. The van der Waals surface area contributed by atoms with Gasteiger partial charge in [-0.25, -0.2) is 4.79 Å². The second kappa shape index (κ2) is 8.98. The number of hydrogen-bond acceptors (Lipinski definition) is 7. The number of halogens is 1. The number of rotatable bonds is 8. The highest BCUT2D eigenvalue weighted by Gasteiger charge is 2.53. The number of urea groups is 1. The monoisotopic (exact) mass is 530 g/mol. The molecule has 1 saturated heterocycles. The first kappa shape index (κ1) is 23.6. The summed E-state index contributed by atoms with van der Waals surface area (Å²) in [7, 11) is 2.94. The zero-order valence-electron chi connectivity index (χ0n) is 18.9. The van der Waals surface area contributed by atoms with Gasteiger partial charge in [0, 0.05) is 23.7 Å². The summed E-state index contributed by atoms with van der Waals surface area (Å²) in [6.07, 6.45) is 1.47. The molecule has 1 aromatic carbocycles. The SMILES string of the molecule is C=Cc1oc([C@]2(CN3Cc4ccc(OC)c(OC)c4C3=O)NC(=O)NC2=O)cc1N=C(C)CBr. The van der Waals surface area contributed by atoms with Gasteiger partial charge < -0.3 is 24.1 Å². The van der Waals surface area contributed by atoms with Crippen molar-refractivity contribution in [3.8, 4) is 11.5 Å². The Morgan fingerprint density at radius 2 is 2.09 bits per heavy atom. The number of nitrogens with one attached hydrogen (secondary N) is 2. The third-order valence-electron chi connectivity index (χ3n) is 5.71. The van der Waals surface area contributed by atoms with Crippen molar-refractivity contribution in [2.24, 2.45) is 4.99 Å². The van der Waals surface area contributed by atoms with E-state index in [2.05, 4.69) is 38.1 Å². The maximum absolute atomic E-state index is 13.4. The van der Waals surface area contributed by atoms with Crippen molar-refractivity contribution < 1.29 is 28.3 Å². The normalized spacial score (nSPS) is 19.7. The number of benzene rings is 1. The molecule has 0 spiro atoms. The molecule has 4 amide bonds. The van der Waals surface area contributed by atoms with Crippen molar-refractivity contribution in [3.05, 3.63) is 47.4 Å². The van der Waals surface area contributed by atoms with E-state index in [-0.39, 0.29) is 24.8 Å². The van der Waals surface area contributed by atoms with Crippen LogP contribution in [0.5, 0.6) is 11.5 Å². The van der Waals surface area contributed by atoms with Gasteiger partial charge in [-0.05, 0) is 24.6 Å². The van der Waals surface area contributed by atoms with Crippen LogP contribution in [0.1, 0.15) is 34.4 Å². The lowest BCUT2D eigenvalue weighted by atomic mass is 9.95. The Morgan fingerprint density at radius 3 is 2.68 bits per heavy atom. The number of alkyl halides is 1. The Kier molecular flexibility index (Phi) is 6.22. The van der Waals surface area contributed by atoms with Crippen LogP contribution in [-0.2, 0) is 16.9 Å². The van der Waals surface area contributed by atoms with Gasteiger partial charge in [0.2, 0.25) is 0 Å². The van der Waals surface area contributed by atoms with Gasteiger partial charge >= 0.3 is 6.03 Å². The lowest BCUT2D eigenvalue weighted by Crippen LogP contribution is -2.52. The van der Waals surface area contributed by atoms with Gasteiger partial charge in [0.15, 0.2) is 22.8 Å². The Morgan fingerprint density at radius 1 is 1.32 bits per heavy atom. The van der Waals surface area contributed by atoms with Gasteiger partial charge in [-0.2, -0.15) is 0 Å². The van der Waals surface area contributed by atoms with Gasteiger partial charge in [-0.15, -0.1) is 0 Å². The van der Waals surface area contributed by atoms with E-state index in [9.17, 15) is 14.4 Å². The molecule has 1 atom stereocenters. The van der Waals surface area contributed by atoms with Crippen LogP contribution in [0.4, 0.5) is 10.5 Å². The number of ether oxygens (including phenoxy) is 2. The van der Waals surface area contributed by atoms with E-state index in [1.54, 1.807) is 18.2 Å². The van der Waals surface area contributed by atoms with Gasteiger partial charge in [-0.1, -0.05) is 28.6 Å². The first-order chi connectivity index (χ1) is 16.3. The van der Waals surface area contributed by atoms with E-state index < -0.39 is 17.5 Å². The van der Waals surface area contributed by atoms with Crippen LogP contribution in [0.2, 0.25) is 0 Å². The van der Waals surface area contributed by atoms with Crippen LogP contribution in [0.3, 0.4) is 0 Å². The lowest BCUT2D eigenvalue weighted by molar-refractivity contribution is -0.125. The number of aliphatic imine (C=N–C) groups is 1. The Hall–Kier alpha value is -3.60. The van der Waals surface area contributed by atoms with E-state index in [0.29, 0.717) is 39.4 Å². The van der Waals surface area contributed by atoms with Crippen molar-refractivity contribution in [1.82, 2.24) is 15.5 Å². The summed E-state index contributed by atoms with van der Waals surface area (Å²) >= 11 is 3.35. The summed E-state index contributed by atoms with van der Waals surface area (Å²) in [5, 5.41) is 5.45. The number of amides is 4. The zero-order valence-corrected chi connectivity index (χ0v) is 20.4. The summed E-state index contributed by atoms with van der Waals surface area (Å²) in [6, 6.07) is 4.37. The second-order valence-electron chi connectivity index (χ2n) is 7.85. The van der Waals surface area contributed by atoms with Gasteiger partial charge in [0.1, 0.15) is 11.4 Å². The van der Waals surface area contributed by atoms with Crippen LogP contribution in [0.15, 0.2) is 34.2 Å². The highest BCUT2D eigenvalue weighted by atomic mass is 79.9. The third-order valence-corrected chi connectivity index (χ3v) is 6.53. The summed E-state index contributed by atoms with van der Waals surface area (Å²) in [5.41, 5.74) is 0.645. The molecule has 2 N–H and O–H groups in total. The van der Waals surface area contributed by atoms with E-state index in [1.165, 1.54) is 25.2 Å². The van der Waals surface area contributed by atoms with Crippen molar-refractivity contribution >= 4 is 51.3 Å². The molecule has 2 aliphatic heterocycles. The maximum atomic E-state index is 13.4. The lowest BCUT2D eigenvalue weighted by Gasteiger charge is -2.29. The minimum Gasteiger partial charge on any atom is -0.493 e. The third kappa shape index (κ3) is 3.75. The summed E-state index contributed by atoms with van der Waals surface area (Å²) in [6.45, 7) is 5.61. The molecule has 2 aromatic rings. The Bertz CT molecular complexity index is 1240. The molecule has 0 unspecified atom stereocenters. The van der Waals surface area contributed by atoms with Crippen LogP contribution in [0, 0.1) is 0 Å². The molecular weight excluding hydrogens is 508 g/mol. The van der Waals surface area contributed by atoms with Crippen LogP contribution in [-0.4, -0.2) is 54.6 Å². The molecule has 10 nitrogen and oxygen atoms in total. The summed E-state index contributed by atoms with van der Waals surface area (Å²) in [5.74, 6) is 0.219. The first-order valence-corrected chi connectivity index (χ1v) is 11.4. The highest BCUT2D eigenvalue weighted by molar-refractivity contribution is 9.09. The molecule has 178 valence electrons. The fourth-order valence-corrected chi connectivity index (χ4v) is 4.24.